The number of carbonyl (C=O) groups excluding carboxylic acids is 3. The first-order valence-electron chi connectivity index (χ1n) is 13.9. The Balaban J connectivity index is 1.26. The van der Waals surface area contributed by atoms with E-state index in [-0.39, 0.29) is 65.1 Å². The third kappa shape index (κ3) is 6.95. The lowest BCUT2D eigenvalue weighted by molar-refractivity contribution is -0.140. The summed E-state index contributed by atoms with van der Waals surface area (Å²) in [4.78, 5) is 49.1. The van der Waals surface area contributed by atoms with Crippen molar-refractivity contribution >= 4 is 35.0 Å². The lowest BCUT2D eigenvalue weighted by atomic mass is 10.1. The quantitative estimate of drug-likeness (QED) is 0.138. The molecule has 4 heterocycles. The fourth-order valence-electron chi connectivity index (χ4n) is 4.77. The Hall–Kier alpha value is -5.00. The molecular formula is C28H28ClF3N10O4. The number of aromatic nitrogens is 5. The molecular weight excluding hydrogens is 633 g/mol. The van der Waals surface area contributed by atoms with Gasteiger partial charge in [-0.1, -0.05) is 17.7 Å². The first-order valence-corrected chi connectivity index (χ1v) is 14.3. The Bertz CT molecular complexity index is 1760. The number of H-pyrrole nitrogens is 2. The number of hydrogen-bond acceptors (Lipinski definition) is 9. The molecule has 1 aliphatic heterocycles. The van der Waals surface area contributed by atoms with Crippen molar-refractivity contribution in [2.24, 2.45) is 0 Å². The monoisotopic (exact) mass is 660 g/mol. The largest absolute Gasteiger partial charge is 0.435 e. The fraction of sp³-hybridized carbons (Fsp3) is 0.286. The molecule has 18 heteroatoms. The van der Waals surface area contributed by atoms with Crippen LogP contribution < -0.4 is 21.8 Å². The maximum absolute atomic E-state index is 13.8. The summed E-state index contributed by atoms with van der Waals surface area (Å²) in [6.45, 7) is 2.02. The van der Waals surface area contributed by atoms with Crippen molar-refractivity contribution in [1.29, 1.82) is 0 Å². The Morgan fingerprint density at radius 3 is 2.59 bits per heavy atom. The second-order valence-corrected chi connectivity index (χ2v) is 10.7. The number of pyridine rings is 1. The van der Waals surface area contributed by atoms with Crippen LogP contribution in [0, 0.1) is 0 Å². The van der Waals surface area contributed by atoms with Crippen molar-refractivity contribution in [3.63, 3.8) is 0 Å². The van der Waals surface area contributed by atoms with Crippen LogP contribution in [0.5, 0.6) is 0 Å². The number of halogens is 4. The van der Waals surface area contributed by atoms with E-state index in [0.29, 0.717) is 11.3 Å². The number of nitrogens with one attached hydrogen (secondary N) is 5. The minimum Gasteiger partial charge on any atom is -0.397 e. The summed E-state index contributed by atoms with van der Waals surface area (Å²) in [6.07, 6.45) is -2.89. The SMILES string of the molecule is CCN(NC(=O)[C@@H]1C[C@@H](O)CN1)C(=O)c1ccc(CNC(=O)c2ncc(-c3c(C(F)(F)F)n[nH]c3-c3ccc(N)cn3)[nH]2)cc1Cl. The van der Waals surface area contributed by atoms with E-state index in [1.165, 1.54) is 30.5 Å². The highest BCUT2D eigenvalue weighted by molar-refractivity contribution is 6.33. The van der Waals surface area contributed by atoms with E-state index < -0.39 is 41.7 Å². The number of aliphatic hydroxyl groups is 1. The highest BCUT2D eigenvalue weighted by Gasteiger charge is 2.39. The van der Waals surface area contributed by atoms with Crippen molar-refractivity contribution in [2.45, 2.75) is 38.2 Å². The van der Waals surface area contributed by atoms with Gasteiger partial charge >= 0.3 is 6.18 Å². The van der Waals surface area contributed by atoms with Gasteiger partial charge in [0.1, 0.15) is 0 Å². The normalized spacial score (nSPS) is 16.3. The molecule has 0 bridgehead atoms. The molecule has 4 aromatic rings. The molecule has 1 aliphatic rings. The van der Waals surface area contributed by atoms with Crippen molar-refractivity contribution < 1.29 is 32.7 Å². The molecule has 14 nitrogen and oxygen atoms in total. The van der Waals surface area contributed by atoms with Gasteiger partial charge in [0.15, 0.2) is 11.5 Å². The molecule has 0 aliphatic carbocycles. The van der Waals surface area contributed by atoms with Crippen molar-refractivity contribution in [1.82, 2.24) is 46.2 Å². The predicted molar refractivity (Wildman–Crippen MR) is 159 cm³/mol. The van der Waals surface area contributed by atoms with Gasteiger partial charge in [-0.3, -0.25) is 34.9 Å². The van der Waals surface area contributed by atoms with E-state index in [2.05, 4.69) is 41.2 Å². The Morgan fingerprint density at radius 1 is 1.17 bits per heavy atom. The molecule has 5 rings (SSSR count). The van der Waals surface area contributed by atoms with Gasteiger partial charge < -0.3 is 26.5 Å². The number of carbonyl (C=O) groups is 3. The maximum Gasteiger partial charge on any atom is 0.435 e. The number of nitrogens with two attached hydrogens (primary N) is 1. The Labute approximate surface area is 263 Å². The predicted octanol–water partition coefficient (Wildman–Crippen LogP) is 2.26. The second kappa shape index (κ2) is 13.2. The number of nitrogen functional groups attached to an aromatic ring is 1. The van der Waals surface area contributed by atoms with Crippen LogP contribution in [-0.2, 0) is 17.5 Å². The van der Waals surface area contributed by atoms with Crippen LogP contribution in [0.4, 0.5) is 18.9 Å². The van der Waals surface area contributed by atoms with Crippen LogP contribution in [0.15, 0.2) is 42.7 Å². The number of hydrogen-bond donors (Lipinski definition) is 7. The maximum atomic E-state index is 13.8. The summed E-state index contributed by atoms with van der Waals surface area (Å²) >= 11 is 6.38. The standard InChI is InChI=1S/C28H28ClF3N10O4/c1-2-42(41-25(44)19-8-15(43)11-35-19)27(46)16-5-3-13(7-17(16)29)9-37-26(45)24-36-12-20(38-24)21-22(18-6-4-14(33)10-34-18)39-40-23(21)28(30,31)32/h3-7,10,12,15,19,35,43H,2,8-9,11,33H2,1H3,(H,36,38)(H,37,45)(H,39,40)(H,41,44)/t15-,19+/m1/s1. The number of imidazole rings is 1. The number of β-amino-alcohol motifs (C(OH)–C–C–N with tert-alkyl or cyclic N) is 1. The molecule has 0 radical (unpaired) electrons. The van der Waals surface area contributed by atoms with Gasteiger partial charge in [-0.25, -0.2) is 4.98 Å². The van der Waals surface area contributed by atoms with E-state index in [4.69, 9.17) is 17.3 Å². The third-order valence-corrected chi connectivity index (χ3v) is 7.40. The highest BCUT2D eigenvalue weighted by Crippen LogP contribution is 2.40. The minimum absolute atomic E-state index is 0.0533. The molecule has 0 spiro atoms. The van der Waals surface area contributed by atoms with Gasteiger partial charge in [0.05, 0.1) is 63.5 Å². The summed E-state index contributed by atoms with van der Waals surface area (Å²) in [6, 6.07) is 6.70. The molecule has 0 saturated carbocycles. The lowest BCUT2D eigenvalue weighted by Gasteiger charge is -2.24. The van der Waals surface area contributed by atoms with Crippen LogP contribution in [0.3, 0.4) is 0 Å². The summed E-state index contributed by atoms with van der Waals surface area (Å²) in [5.41, 5.74) is 7.45. The zero-order chi connectivity index (χ0) is 33.2. The number of benzene rings is 1. The number of alkyl halides is 3. The Morgan fingerprint density at radius 2 is 1.96 bits per heavy atom. The van der Waals surface area contributed by atoms with Crippen LogP contribution in [0.25, 0.3) is 22.6 Å². The summed E-state index contributed by atoms with van der Waals surface area (Å²) in [5, 5.41) is 22.1. The molecule has 242 valence electrons. The summed E-state index contributed by atoms with van der Waals surface area (Å²) in [7, 11) is 0. The average molecular weight is 661 g/mol. The summed E-state index contributed by atoms with van der Waals surface area (Å²) < 4.78 is 41.4. The summed E-state index contributed by atoms with van der Waals surface area (Å²) in [5.74, 6) is -2.03. The van der Waals surface area contributed by atoms with E-state index in [0.717, 1.165) is 11.2 Å². The zero-order valence-electron chi connectivity index (χ0n) is 24.1. The first kappa shape index (κ1) is 32.4. The number of aromatic amines is 2. The van der Waals surface area contributed by atoms with Crippen LogP contribution in [0.1, 0.15) is 45.6 Å². The topological polar surface area (TPSA) is 207 Å². The molecule has 46 heavy (non-hydrogen) atoms. The molecule has 3 amide bonds. The van der Waals surface area contributed by atoms with E-state index >= 15 is 0 Å². The second-order valence-electron chi connectivity index (χ2n) is 10.3. The van der Waals surface area contributed by atoms with Gasteiger partial charge in [0.2, 0.25) is 0 Å². The Kier molecular flexibility index (Phi) is 9.27. The lowest BCUT2D eigenvalue weighted by Crippen LogP contribution is -2.51. The molecule has 8 N–H and O–H groups in total. The molecule has 3 aromatic heterocycles. The average Bonchev–Trinajstić information content (AvgIpc) is 3.78. The van der Waals surface area contributed by atoms with Crippen LogP contribution >= 0.6 is 11.6 Å². The number of anilines is 1. The van der Waals surface area contributed by atoms with Crippen molar-refractivity contribution in [3.05, 3.63) is 70.4 Å². The highest BCUT2D eigenvalue weighted by atomic mass is 35.5. The first-order chi connectivity index (χ1) is 21.8. The number of rotatable bonds is 8. The van der Waals surface area contributed by atoms with Crippen LogP contribution in [0.2, 0.25) is 5.02 Å². The minimum atomic E-state index is -4.82. The van der Waals surface area contributed by atoms with Crippen molar-refractivity contribution in [3.8, 4) is 22.6 Å². The van der Waals surface area contributed by atoms with E-state index in [1.54, 1.807) is 13.0 Å². The third-order valence-electron chi connectivity index (χ3n) is 7.09. The molecule has 1 fully saturated rings. The van der Waals surface area contributed by atoms with Gasteiger partial charge in [-0.2, -0.15) is 18.3 Å². The molecule has 2 atom stereocenters. The number of hydrazine groups is 1. The van der Waals surface area contributed by atoms with E-state index in [9.17, 15) is 32.7 Å². The smallest absolute Gasteiger partial charge is 0.397 e. The molecule has 0 unspecified atom stereocenters. The van der Waals surface area contributed by atoms with E-state index in [1.807, 2.05) is 0 Å². The van der Waals surface area contributed by atoms with Crippen molar-refractivity contribution in [2.75, 3.05) is 18.8 Å². The van der Waals surface area contributed by atoms with Crippen LogP contribution in [-0.4, -0.2) is 78.2 Å². The number of aliphatic hydroxyl groups excluding tert-OH is 1. The number of amides is 3. The fourth-order valence-corrected chi connectivity index (χ4v) is 5.05. The molecule has 1 aromatic carbocycles. The van der Waals surface area contributed by atoms with Gasteiger partial charge in [-0.15, -0.1) is 0 Å². The van der Waals surface area contributed by atoms with Gasteiger partial charge in [0.25, 0.3) is 17.7 Å². The van der Waals surface area contributed by atoms with Gasteiger partial charge in [0, 0.05) is 19.6 Å². The van der Waals surface area contributed by atoms with Gasteiger partial charge in [-0.05, 0) is 43.2 Å². The molecule has 1 saturated heterocycles. The number of nitrogens with zero attached hydrogens (tertiary/aromatic N) is 4. The zero-order valence-corrected chi connectivity index (χ0v) is 24.8.